The number of rotatable bonds is 8. The molecule has 2 heterocycles. The van der Waals surface area contributed by atoms with Gasteiger partial charge in [-0.1, -0.05) is 6.07 Å². The van der Waals surface area contributed by atoms with Crippen molar-refractivity contribution >= 4 is 50.5 Å². The quantitative estimate of drug-likeness (QED) is 0.133. The summed E-state index contributed by atoms with van der Waals surface area (Å²) in [4.78, 5) is 48.2. The molecule has 0 unspecified atom stereocenters. The molecule has 18 heteroatoms. The molecule has 2 aromatic heterocycles. The van der Waals surface area contributed by atoms with E-state index in [9.17, 15) is 27.2 Å². The number of sulfone groups is 1. The molecule has 334 valence electrons. The first-order valence-electron chi connectivity index (χ1n) is 20.1. The zero-order valence-corrected chi connectivity index (χ0v) is 37.6. The van der Waals surface area contributed by atoms with Crippen molar-refractivity contribution in [3.8, 4) is 11.3 Å². The number of fused-ring (bicyclic) bond motifs is 1. The highest BCUT2D eigenvalue weighted by molar-refractivity contribution is 7.90. The number of halogens is 3. The van der Waals surface area contributed by atoms with Gasteiger partial charge in [-0.2, -0.15) is 10.00 Å². The number of imide groups is 1. The second-order valence-corrected chi connectivity index (χ2v) is 20.5. The highest BCUT2D eigenvalue weighted by Gasteiger charge is 2.39. The van der Waals surface area contributed by atoms with Gasteiger partial charge in [0.25, 0.3) is 0 Å². The van der Waals surface area contributed by atoms with Crippen LogP contribution in [0.3, 0.4) is 0 Å². The van der Waals surface area contributed by atoms with Gasteiger partial charge < -0.3 is 19.5 Å². The van der Waals surface area contributed by atoms with Crippen molar-refractivity contribution in [2.45, 2.75) is 147 Å². The molecule has 1 aliphatic carbocycles. The summed E-state index contributed by atoms with van der Waals surface area (Å²) in [6.45, 7) is 25.7. The fraction of sp³-hybridized carbons (Fsp3) is 0.500. The number of anilines is 1. The lowest BCUT2D eigenvalue weighted by molar-refractivity contribution is 0.0425. The van der Waals surface area contributed by atoms with E-state index in [0.717, 1.165) is 24.3 Å². The van der Waals surface area contributed by atoms with Crippen LogP contribution < -0.4 is 10.2 Å². The van der Waals surface area contributed by atoms with Crippen molar-refractivity contribution in [2.75, 3.05) is 4.90 Å². The monoisotopic (exact) mass is 882 g/mol. The van der Waals surface area contributed by atoms with E-state index in [0.29, 0.717) is 47.7 Å². The first-order chi connectivity index (χ1) is 28.6. The molecule has 14 nitrogen and oxygen atoms in total. The van der Waals surface area contributed by atoms with Gasteiger partial charge in [-0.25, -0.2) is 45.8 Å². The lowest BCUT2D eigenvalue weighted by Crippen LogP contribution is -2.44. The molecule has 62 heavy (non-hydrogen) atoms. The number of aromatic nitrogens is 3. The van der Waals surface area contributed by atoms with Crippen LogP contribution in [0.15, 0.2) is 41.4 Å². The number of carbonyl (C=O) groups is 3. The summed E-state index contributed by atoms with van der Waals surface area (Å²) in [6, 6.07) is 3.48. The Hall–Kier alpha value is -5.70. The number of pyridine rings is 1. The van der Waals surface area contributed by atoms with Crippen molar-refractivity contribution in [2.24, 2.45) is 0 Å². The maximum absolute atomic E-state index is 16.6. The molecule has 0 atom stereocenters. The lowest BCUT2D eigenvalue weighted by Gasteiger charge is -2.31. The standard InChI is InChI=1S/C44H53F3N6O8S/c1-24(2)53-37-30(25-13-15-27(16-14-25)50-39(54)59-42(3,4)5)22-49-38(52(40(55)60-43(6,7)8)41(56)61-44(9,10)11)35(37)36(51-53)29-21-32(46)26(19-33(29)47)23-62(57,58)34-20-28(48-12)17-18-31(34)45/h17-22,24-25,27H,13-16,23H2,1-11H3,(H,50,54). The highest BCUT2D eigenvalue weighted by atomic mass is 32.2. The van der Waals surface area contributed by atoms with E-state index in [1.54, 1.807) is 80.8 Å². The largest absolute Gasteiger partial charge is 0.444 e. The lowest BCUT2D eigenvalue weighted by atomic mass is 9.81. The molecule has 0 spiro atoms. The Morgan fingerprint density at radius 1 is 0.871 bits per heavy atom. The number of nitrogens with zero attached hydrogens (tertiary/aromatic N) is 5. The third-order valence-corrected chi connectivity index (χ3v) is 11.3. The van der Waals surface area contributed by atoms with E-state index in [1.807, 2.05) is 0 Å². The van der Waals surface area contributed by atoms with Gasteiger partial charge in [0.05, 0.1) is 28.1 Å². The average molecular weight is 883 g/mol. The van der Waals surface area contributed by atoms with Gasteiger partial charge in [0, 0.05) is 29.4 Å². The summed E-state index contributed by atoms with van der Waals surface area (Å²) in [6.07, 6.45) is 0.802. The van der Waals surface area contributed by atoms with Gasteiger partial charge in [-0.3, -0.25) is 4.68 Å². The van der Waals surface area contributed by atoms with Gasteiger partial charge in [-0.05, 0) is 138 Å². The SMILES string of the molecule is [C-]#[N+]c1ccc(F)c(S(=O)(=O)Cc2cc(F)c(-c3nn(C(C)C)c4c(C5CCC(NC(=O)OC(C)(C)C)CC5)cnc(N(C(=O)OC(C)(C)C)C(=O)OC(C)(C)C)c34)cc2F)c1. The summed E-state index contributed by atoms with van der Waals surface area (Å²) in [7, 11) is -4.63. The second kappa shape index (κ2) is 17.6. The minimum absolute atomic E-state index is 0.0291. The van der Waals surface area contributed by atoms with Crippen LogP contribution >= 0.6 is 0 Å². The molecule has 3 amide bonds. The van der Waals surface area contributed by atoms with Crippen LogP contribution in [0.25, 0.3) is 27.0 Å². The topological polar surface area (TPSA) is 163 Å². The molecule has 0 aliphatic heterocycles. The summed E-state index contributed by atoms with van der Waals surface area (Å²) < 4.78 is 92.6. The molecule has 0 radical (unpaired) electrons. The van der Waals surface area contributed by atoms with E-state index in [1.165, 1.54) is 6.20 Å². The van der Waals surface area contributed by atoms with Gasteiger partial charge in [-0.15, -0.1) is 0 Å². The van der Waals surface area contributed by atoms with Gasteiger partial charge in [0.1, 0.15) is 39.9 Å². The van der Waals surface area contributed by atoms with Crippen LogP contribution in [0.2, 0.25) is 0 Å². The third-order valence-electron chi connectivity index (χ3n) is 9.59. The minimum atomic E-state index is -4.63. The van der Waals surface area contributed by atoms with Gasteiger partial charge >= 0.3 is 18.3 Å². The maximum Gasteiger partial charge on any atom is 0.425 e. The second-order valence-electron chi connectivity index (χ2n) is 18.5. The molecular weight excluding hydrogens is 830 g/mol. The molecule has 1 N–H and O–H groups in total. The van der Waals surface area contributed by atoms with Crippen LogP contribution in [0.5, 0.6) is 0 Å². The first-order valence-corrected chi connectivity index (χ1v) is 21.8. The Morgan fingerprint density at radius 3 is 1.98 bits per heavy atom. The number of alkyl carbamates (subject to hydrolysis) is 1. The molecule has 2 aromatic carbocycles. The van der Waals surface area contributed by atoms with Gasteiger partial charge in [0.15, 0.2) is 21.3 Å². The average Bonchev–Trinajstić information content (AvgIpc) is 3.52. The number of amides is 3. The normalized spacial score (nSPS) is 16.2. The van der Waals surface area contributed by atoms with Crippen molar-refractivity contribution < 1.29 is 50.2 Å². The maximum atomic E-state index is 16.6. The molecule has 0 bridgehead atoms. The minimum Gasteiger partial charge on any atom is -0.444 e. The molecule has 4 aromatic rings. The number of hydrogen-bond donors (Lipinski definition) is 1. The predicted octanol–water partition coefficient (Wildman–Crippen LogP) is 10.8. The van der Waals surface area contributed by atoms with Crippen LogP contribution in [0.4, 0.5) is 39.1 Å². The number of benzene rings is 2. The number of nitrogens with one attached hydrogen (secondary N) is 1. The van der Waals surface area contributed by atoms with Crippen molar-refractivity contribution in [3.63, 3.8) is 0 Å². The summed E-state index contributed by atoms with van der Waals surface area (Å²) >= 11 is 0. The van der Waals surface area contributed by atoms with E-state index in [-0.39, 0.29) is 34.5 Å². The Kier molecular flexibility index (Phi) is 13.4. The smallest absolute Gasteiger partial charge is 0.425 e. The van der Waals surface area contributed by atoms with Gasteiger partial charge in [0.2, 0.25) is 0 Å². The van der Waals surface area contributed by atoms with Crippen molar-refractivity contribution in [1.29, 1.82) is 0 Å². The van der Waals surface area contributed by atoms with E-state index in [2.05, 4.69) is 15.1 Å². The predicted molar refractivity (Wildman–Crippen MR) is 226 cm³/mol. The molecule has 1 fully saturated rings. The number of carbonyl (C=O) groups excluding carboxylic acids is 3. The Balaban J connectivity index is 1.72. The van der Waals surface area contributed by atoms with Crippen LogP contribution in [0, 0.1) is 24.0 Å². The fourth-order valence-corrected chi connectivity index (χ4v) is 8.51. The third kappa shape index (κ3) is 11.0. The summed E-state index contributed by atoms with van der Waals surface area (Å²) in [5, 5.41) is 7.66. The highest BCUT2D eigenvalue weighted by Crippen LogP contribution is 2.44. The van der Waals surface area contributed by atoms with Crippen molar-refractivity contribution in [1.82, 2.24) is 20.1 Å². The van der Waals surface area contributed by atoms with E-state index < -0.39 is 90.2 Å². The summed E-state index contributed by atoms with van der Waals surface area (Å²) in [5.41, 5.74) is -3.45. The Morgan fingerprint density at radius 2 is 1.45 bits per heavy atom. The first kappa shape index (κ1) is 47.4. The molecule has 5 rings (SSSR count). The molecule has 0 saturated heterocycles. The van der Waals surface area contributed by atoms with Crippen LogP contribution in [-0.4, -0.2) is 64.3 Å². The van der Waals surface area contributed by atoms with Crippen LogP contribution in [0.1, 0.15) is 125 Å². The van der Waals surface area contributed by atoms with Crippen molar-refractivity contribution in [3.05, 3.63) is 76.5 Å². The van der Waals surface area contributed by atoms with E-state index in [4.69, 9.17) is 25.9 Å². The zero-order chi connectivity index (χ0) is 46.3. The van der Waals surface area contributed by atoms with Crippen LogP contribution in [-0.2, 0) is 29.8 Å². The number of hydrogen-bond acceptors (Lipinski definition) is 10. The fourth-order valence-electron chi connectivity index (χ4n) is 7.06. The zero-order valence-electron chi connectivity index (χ0n) is 36.8. The van der Waals surface area contributed by atoms with E-state index >= 15 is 8.78 Å². The number of ether oxygens (including phenoxy) is 3. The summed E-state index contributed by atoms with van der Waals surface area (Å²) in [5.74, 6) is -5.20. The molecule has 1 aliphatic rings. The molecular formula is C44H53F3N6O8S. The Labute approximate surface area is 359 Å². The molecule has 1 saturated carbocycles. The Bertz CT molecular complexity index is 2510.